The van der Waals surface area contributed by atoms with Crippen LogP contribution in [0.4, 0.5) is 5.95 Å². The molecule has 0 radical (unpaired) electrons. The Morgan fingerprint density at radius 1 is 1.26 bits per heavy atom. The molecule has 0 unspecified atom stereocenters. The van der Waals surface area contributed by atoms with Crippen molar-refractivity contribution in [3.05, 3.63) is 42.2 Å². The summed E-state index contributed by atoms with van der Waals surface area (Å²) in [7, 11) is 1.72. The van der Waals surface area contributed by atoms with Crippen LogP contribution in [0.3, 0.4) is 0 Å². The predicted molar refractivity (Wildman–Crippen MR) is 77.9 cm³/mol. The van der Waals surface area contributed by atoms with E-state index in [0.29, 0.717) is 0 Å². The van der Waals surface area contributed by atoms with Gasteiger partial charge in [0.15, 0.2) is 0 Å². The van der Waals surface area contributed by atoms with Crippen molar-refractivity contribution < 1.29 is 4.74 Å². The molecule has 0 amide bonds. The molecule has 2 aromatic rings. The second-order valence-electron chi connectivity index (χ2n) is 4.41. The molecule has 0 spiro atoms. The second-order valence-corrected chi connectivity index (χ2v) is 4.41. The molecular formula is C15H21N3O. The van der Waals surface area contributed by atoms with Crippen molar-refractivity contribution in [1.29, 1.82) is 0 Å². The van der Waals surface area contributed by atoms with E-state index >= 15 is 0 Å². The Labute approximate surface area is 114 Å². The monoisotopic (exact) mass is 259 g/mol. The number of nitrogens with zero attached hydrogens (tertiary/aromatic N) is 2. The summed E-state index contributed by atoms with van der Waals surface area (Å²) in [6.45, 7) is 3.78. The van der Waals surface area contributed by atoms with Crippen LogP contribution in [0.25, 0.3) is 5.69 Å². The first-order chi connectivity index (χ1) is 9.35. The van der Waals surface area contributed by atoms with Crippen LogP contribution in [0.1, 0.15) is 18.9 Å². The Morgan fingerprint density at radius 2 is 2.05 bits per heavy atom. The van der Waals surface area contributed by atoms with E-state index in [1.807, 2.05) is 12.4 Å². The Bertz CT molecular complexity index is 490. The van der Waals surface area contributed by atoms with Gasteiger partial charge in [0.1, 0.15) is 0 Å². The number of rotatable bonds is 7. The molecular weight excluding hydrogens is 238 g/mol. The lowest BCUT2D eigenvalue weighted by Crippen LogP contribution is -2.09. The van der Waals surface area contributed by atoms with Crippen molar-refractivity contribution in [2.45, 2.75) is 19.8 Å². The average Bonchev–Trinajstić information content (AvgIpc) is 2.92. The lowest BCUT2D eigenvalue weighted by Gasteiger charge is -2.10. The number of nitrogens with one attached hydrogen (secondary N) is 1. The molecule has 1 heterocycles. The zero-order chi connectivity index (χ0) is 13.5. The highest BCUT2D eigenvalue weighted by Gasteiger charge is 2.03. The molecule has 0 fully saturated rings. The first kappa shape index (κ1) is 13.6. The maximum absolute atomic E-state index is 5.03. The molecule has 19 heavy (non-hydrogen) atoms. The fourth-order valence-corrected chi connectivity index (χ4v) is 1.95. The second kappa shape index (κ2) is 6.95. The highest BCUT2D eigenvalue weighted by atomic mass is 16.5. The van der Waals surface area contributed by atoms with Crippen molar-refractivity contribution in [3.8, 4) is 5.69 Å². The molecule has 0 saturated carbocycles. The van der Waals surface area contributed by atoms with Gasteiger partial charge in [0.2, 0.25) is 5.95 Å². The van der Waals surface area contributed by atoms with Gasteiger partial charge in [0.25, 0.3) is 0 Å². The van der Waals surface area contributed by atoms with Crippen LogP contribution >= 0.6 is 0 Å². The summed E-state index contributed by atoms with van der Waals surface area (Å²) in [6.07, 6.45) is 5.82. The first-order valence-electron chi connectivity index (χ1n) is 6.70. The van der Waals surface area contributed by atoms with E-state index < -0.39 is 0 Å². The molecule has 102 valence electrons. The Balaban J connectivity index is 2.05. The molecule has 0 atom stereocenters. The number of hydrogen-bond donors (Lipinski definition) is 1. The number of aromatic nitrogens is 2. The normalized spacial score (nSPS) is 10.6. The van der Waals surface area contributed by atoms with Gasteiger partial charge in [0.05, 0.1) is 0 Å². The largest absolute Gasteiger partial charge is 0.385 e. The van der Waals surface area contributed by atoms with Crippen molar-refractivity contribution >= 4 is 5.95 Å². The first-order valence-corrected chi connectivity index (χ1v) is 6.70. The van der Waals surface area contributed by atoms with Gasteiger partial charge in [0, 0.05) is 38.3 Å². The zero-order valence-electron chi connectivity index (χ0n) is 11.6. The highest BCUT2D eigenvalue weighted by molar-refractivity contribution is 5.42. The van der Waals surface area contributed by atoms with Crippen molar-refractivity contribution in [3.63, 3.8) is 0 Å². The van der Waals surface area contributed by atoms with E-state index in [1.165, 1.54) is 5.56 Å². The molecule has 1 aromatic heterocycles. The fraction of sp³-hybridized carbons (Fsp3) is 0.400. The van der Waals surface area contributed by atoms with Gasteiger partial charge in [-0.15, -0.1) is 0 Å². The fourth-order valence-electron chi connectivity index (χ4n) is 1.95. The van der Waals surface area contributed by atoms with Crippen molar-refractivity contribution in [1.82, 2.24) is 9.55 Å². The standard InChI is InChI=1S/C15H21N3O/c1-3-13-5-7-14(8-6-13)18-11-10-17-15(18)16-9-4-12-19-2/h5-8,10-11H,3-4,9,12H2,1-2H3,(H,16,17). The molecule has 1 N–H and O–H groups in total. The highest BCUT2D eigenvalue weighted by Crippen LogP contribution is 2.15. The summed E-state index contributed by atoms with van der Waals surface area (Å²) in [5.74, 6) is 0.875. The number of ether oxygens (including phenoxy) is 1. The Kier molecular flexibility index (Phi) is 4.98. The smallest absolute Gasteiger partial charge is 0.207 e. The van der Waals surface area contributed by atoms with Gasteiger partial charge in [-0.1, -0.05) is 19.1 Å². The van der Waals surface area contributed by atoms with Crippen LogP contribution in [0.15, 0.2) is 36.7 Å². The number of hydrogen-bond acceptors (Lipinski definition) is 3. The van der Waals surface area contributed by atoms with Crippen LogP contribution in [0.2, 0.25) is 0 Å². The topological polar surface area (TPSA) is 39.1 Å². The molecule has 0 bridgehead atoms. The summed E-state index contributed by atoms with van der Waals surface area (Å²) in [6, 6.07) is 8.57. The molecule has 0 aliphatic carbocycles. The SMILES string of the molecule is CCc1ccc(-n2ccnc2NCCCOC)cc1. The summed E-state index contributed by atoms with van der Waals surface area (Å²) in [4.78, 5) is 4.34. The molecule has 4 heteroatoms. The molecule has 0 aliphatic heterocycles. The number of benzene rings is 1. The van der Waals surface area contributed by atoms with Crippen molar-refractivity contribution in [2.24, 2.45) is 0 Å². The number of imidazole rings is 1. The number of anilines is 1. The van der Waals surface area contributed by atoms with Gasteiger partial charge in [-0.05, 0) is 30.5 Å². The minimum atomic E-state index is 0.763. The van der Waals surface area contributed by atoms with E-state index in [9.17, 15) is 0 Å². The van der Waals surface area contributed by atoms with E-state index in [-0.39, 0.29) is 0 Å². The van der Waals surface area contributed by atoms with Crippen LogP contribution in [0, 0.1) is 0 Å². The van der Waals surface area contributed by atoms with Gasteiger partial charge in [-0.3, -0.25) is 4.57 Å². The number of methoxy groups -OCH3 is 1. The quantitative estimate of drug-likeness (QED) is 0.777. The van der Waals surface area contributed by atoms with Gasteiger partial charge >= 0.3 is 0 Å². The summed E-state index contributed by atoms with van der Waals surface area (Å²) >= 11 is 0. The molecule has 0 aliphatic rings. The maximum Gasteiger partial charge on any atom is 0.207 e. The Hall–Kier alpha value is -1.81. The number of aryl methyl sites for hydroxylation is 1. The van der Waals surface area contributed by atoms with Crippen molar-refractivity contribution in [2.75, 3.05) is 25.6 Å². The molecule has 4 nitrogen and oxygen atoms in total. The zero-order valence-corrected chi connectivity index (χ0v) is 11.6. The Morgan fingerprint density at radius 3 is 2.74 bits per heavy atom. The van der Waals surface area contributed by atoms with Gasteiger partial charge in [-0.25, -0.2) is 4.98 Å². The van der Waals surface area contributed by atoms with Crippen LogP contribution in [-0.4, -0.2) is 29.8 Å². The van der Waals surface area contributed by atoms with Crippen LogP contribution in [0.5, 0.6) is 0 Å². The maximum atomic E-state index is 5.03. The lowest BCUT2D eigenvalue weighted by molar-refractivity contribution is 0.197. The third-order valence-electron chi connectivity index (χ3n) is 3.07. The minimum absolute atomic E-state index is 0.763. The molecule has 2 rings (SSSR count). The summed E-state index contributed by atoms with van der Waals surface area (Å²) in [5, 5.41) is 3.33. The van der Waals surface area contributed by atoms with Crippen LogP contribution < -0.4 is 5.32 Å². The third kappa shape index (κ3) is 3.58. The molecule has 0 saturated heterocycles. The average molecular weight is 259 g/mol. The van der Waals surface area contributed by atoms with E-state index in [1.54, 1.807) is 7.11 Å². The molecule has 1 aromatic carbocycles. The summed E-state index contributed by atoms with van der Waals surface area (Å²) in [5.41, 5.74) is 2.47. The lowest BCUT2D eigenvalue weighted by atomic mass is 10.1. The summed E-state index contributed by atoms with van der Waals surface area (Å²) < 4.78 is 7.10. The van der Waals surface area contributed by atoms with Gasteiger partial charge in [-0.2, -0.15) is 0 Å². The van der Waals surface area contributed by atoms with E-state index in [0.717, 1.165) is 37.6 Å². The van der Waals surface area contributed by atoms with Crippen LogP contribution in [-0.2, 0) is 11.2 Å². The predicted octanol–water partition coefficient (Wildman–Crippen LogP) is 2.88. The third-order valence-corrected chi connectivity index (χ3v) is 3.07. The van der Waals surface area contributed by atoms with E-state index in [4.69, 9.17) is 4.74 Å². The minimum Gasteiger partial charge on any atom is -0.385 e. The van der Waals surface area contributed by atoms with Gasteiger partial charge < -0.3 is 10.1 Å². The van der Waals surface area contributed by atoms with E-state index in [2.05, 4.69) is 46.1 Å².